The van der Waals surface area contributed by atoms with Crippen LogP contribution in [0.2, 0.25) is 0 Å². The van der Waals surface area contributed by atoms with Gasteiger partial charge in [-0.05, 0) is 12.8 Å². The molecule has 0 saturated carbocycles. The molecular weight excluding hydrogens is 196 g/mol. The monoisotopic (exact) mass is 214 g/mol. The van der Waals surface area contributed by atoms with E-state index in [1.165, 1.54) is 18.6 Å². The fourth-order valence-electron chi connectivity index (χ4n) is 2.30. The maximum absolute atomic E-state index is 10.2. The first-order valence-corrected chi connectivity index (χ1v) is 6.48. The predicted molar refractivity (Wildman–Crippen MR) is 59.5 cm³/mol. The van der Waals surface area contributed by atoms with E-state index in [0.29, 0.717) is 12.1 Å². The molecule has 0 spiro atoms. The molecule has 0 aromatic rings. The van der Waals surface area contributed by atoms with Gasteiger partial charge in [-0.25, -0.2) is 0 Å². The second-order valence-electron chi connectivity index (χ2n) is 4.04. The molecule has 2 N–H and O–H groups in total. The van der Waals surface area contributed by atoms with Gasteiger partial charge >= 0.3 is 0 Å². The van der Waals surface area contributed by atoms with Gasteiger partial charge in [0.15, 0.2) is 0 Å². The Hall–Kier alpha value is -0.0600. The van der Waals surface area contributed by atoms with Gasteiger partial charge in [0.25, 0.3) is 0 Å². The minimum Gasteiger partial charge on any atom is -0.303 e. The first-order chi connectivity index (χ1) is 6.92. The summed E-state index contributed by atoms with van der Waals surface area (Å²) in [5.74, 6) is 1.25. The summed E-state index contributed by atoms with van der Waals surface area (Å²) < 4.78 is 0. The van der Waals surface area contributed by atoms with Crippen LogP contribution in [0, 0.1) is 0 Å². The highest BCUT2D eigenvalue weighted by Gasteiger charge is 2.38. The normalized spacial score (nSPS) is 35.9. The zero-order valence-corrected chi connectivity index (χ0v) is 9.19. The molecule has 0 bridgehead atoms. The van der Waals surface area contributed by atoms with Gasteiger partial charge in [0.1, 0.15) is 6.29 Å². The maximum Gasteiger partial charge on any atom is 0.119 e. The molecular formula is C10H18N2OS. The van der Waals surface area contributed by atoms with E-state index in [-0.39, 0.29) is 0 Å². The Morgan fingerprint density at radius 3 is 3.14 bits per heavy atom. The quantitative estimate of drug-likeness (QED) is 0.523. The first-order valence-electron chi connectivity index (χ1n) is 5.44. The van der Waals surface area contributed by atoms with Crippen LogP contribution in [0.5, 0.6) is 0 Å². The number of hydrogen-bond donors (Lipinski definition) is 2. The third kappa shape index (κ3) is 2.30. The number of hydrogen-bond acceptors (Lipinski definition) is 4. The molecule has 0 aliphatic carbocycles. The van der Waals surface area contributed by atoms with Crippen molar-refractivity contribution < 1.29 is 4.79 Å². The molecule has 3 unspecified atom stereocenters. The van der Waals surface area contributed by atoms with Crippen LogP contribution in [0.4, 0.5) is 0 Å². The van der Waals surface area contributed by atoms with Gasteiger partial charge in [-0.2, -0.15) is 11.8 Å². The summed E-state index contributed by atoms with van der Waals surface area (Å²) in [6, 6.07) is 1.37. The second kappa shape index (κ2) is 5.14. The Balaban J connectivity index is 1.68. The van der Waals surface area contributed by atoms with E-state index in [9.17, 15) is 4.79 Å². The minimum atomic E-state index is 0.677. The van der Waals surface area contributed by atoms with E-state index >= 15 is 0 Å². The summed E-state index contributed by atoms with van der Waals surface area (Å²) in [4.78, 5) is 10.2. The molecule has 0 aromatic heterocycles. The van der Waals surface area contributed by atoms with Crippen molar-refractivity contribution in [2.45, 2.75) is 43.0 Å². The highest BCUT2D eigenvalue weighted by Crippen LogP contribution is 2.32. The molecule has 0 amide bonds. The van der Waals surface area contributed by atoms with Crippen LogP contribution in [-0.2, 0) is 4.79 Å². The predicted octanol–water partition coefficient (Wildman–Crippen LogP) is 0.749. The van der Waals surface area contributed by atoms with Crippen LogP contribution in [0.1, 0.15) is 25.7 Å². The summed E-state index contributed by atoms with van der Waals surface area (Å²) >= 11 is 2.08. The zero-order chi connectivity index (χ0) is 9.80. The van der Waals surface area contributed by atoms with Gasteiger partial charge in [-0.15, -0.1) is 0 Å². The van der Waals surface area contributed by atoms with Gasteiger partial charge in [0.05, 0.1) is 0 Å². The lowest BCUT2D eigenvalue weighted by Crippen LogP contribution is -2.36. The largest absolute Gasteiger partial charge is 0.303 e. The highest BCUT2D eigenvalue weighted by molar-refractivity contribution is 8.00. The van der Waals surface area contributed by atoms with Gasteiger partial charge in [-0.3, -0.25) is 10.6 Å². The summed E-state index contributed by atoms with van der Waals surface area (Å²) in [5, 5.41) is 7.74. The van der Waals surface area contributed by atoms with Gasteiger partial charge in [0.2, 0.25) is 0 Å². The number of rotatable bonds is 5. The number of unbranched alkanes of at least 4 members (excludes halogenated alkanes) is 2. The van der Waals surface area contributed by atoms with Crippen molar-refractivity contribution in [3.8, 4) is 0 Å². The molecule has 0 aromatic carbocycles. The molecule has 3 atom stereocenters. The Morgan fingerprint density at radius 1 is 1.36 bits per heavy atom. The van der Waals surface area contributed by atoms with E-state index in [4.69, 9.17) is 0 Å². The third-order valence-electron chi connectivity index (χ3n) is 3.09. The number of nitrogens with one attached hydrogen (secondary N) is 2. The van der Waals surface area contributed by atoms with Crippen LogP contribution in [0.25, 0.3) is 0 Å². The van der Waals surface area contributed by atoms with Crippen molar-refractivity contribution in [2.75, 3.05) is 12.4 Å². The summed E-state index contributed by atoms with van der Waals surface area (Å²) in [6.07, 6.45) is 5.28. The zero-order valence-electron chi connectivity index (χ0n) is 8.37. The van der Waals surface area contributed by atoms with E-state index in [0.717, 1.165) is 31.0 Å². The summed E-state index contributed by atoms with van der Waals surface area (Å²) in [5.41, 5.74) is 0. The average Bonchev–Trinajstić information content (AvgIpc) is 2.75. The van der Waals surface area contributed by atoms with Gasteiger partial charge in [0, 0.05) is 36.2 Å². The molecule has 2 heterocycles. The molecule has 14 heavy (non-hydrogen) atoms. The molecule has 2 aliphatic heterocycles. The SMILES string of the molecule is O=CCCCCC1SCC2NCNC21. The maximum atomic E-state index is 10.2. The van der Waals surface area contributed by atoms with Crippen molar-refractivity contribution in [1.82, 2.24) is 10.6 Å². The molecule has 2 saturated heterocycles. The topological polar surface area (TPSA) is 41.1 Å². The van der Waals surface area contributed by atoms with Gasteiger partial charge < -0.3 is 4.79 Å². The van der Waals surface area contributed by atoms with Crippen LogP contribution in [-0.4, -0.2) is 36.0 Å². The van der Waals surface area contributed by atoms with Crippen LogP contribution in [0.3, 0.4) is 0 Å². The average molecular weight is 214 g/mol. The van der Waals surface area contributed by atoms with Crippen LogP contribution < -0.4 is 10.6 Å². The van der Waals surface area contributed by atoms with Crippen LogP contribution in [0.15, 0.2) is 0 Å². The van der Waals surface area contributed by atoms with Crippen molar-refractivity contribution in [3.05, 3.63) is 0 Å². The van der Waals surface area contributed by atoms with E-state index in [1.54, 1.807) is 0 Å². The second-order valence-corrected chi connectivity index (χ2v) is 5.31. The van der Waals surface area contributed by atoms with E-state index < -0.39 is 0 Å². The smallest absolute Gasteiger partial charge is 0.119 e. The molecule has 0 radical (unpaired) electrons. The minimum absolute atomic E-state index is 0.677. The Labute approximate surface area is 89.4 Å². The number of carbonyl (C=O) groups excluding carboxylic acids is 1. The van der Waals surface area contributed by atoms with Crippen LogP contribution >= 0.6 is 11.8 Å². The molecule has 3 nitrogen and oxygen atoms in total. The van der Waals surface area contributed by atoms with Crippen molar-refractivity contribution >= 4 is 18.0 Å². The third-order valence-corrected chi connectivity index (χ3v) is 4.60. The Kier molecular flexibility index (Phi) is 3.84. The fraction of sp³-hybridized carbons (Fsp3) is 0.900. The molecule has 80 valence electrons. The standard InChI is InChI=1S/C10H18N2OS/c13-5-3-1-2-4-9-10-8(6-14-9)11-7-12-10/h5,8-12H,1-4,6-7H2. The lowest BCUT2D eigenvalue weighted by molar-refractivity contribution is -0.107. The molecule has 4 heteroatoms. The fourth-order valence-corrected chi connectivity index (χ4v) is 3.90. The first kappa shape index (κ1) is 10.5. The van der Waals surface area contributed by atoms with E-state index in [2.05, 4.69) is 22.4 Å². The number of carbonyl (C=O) groups is 1. The van der Waals surface area contributed by atoms with Crippen molar-refractivity contribution in [1.29, 1.82) is 0 Å². The Morgan fingerprint density at radius 2 is 2.29 bits per heavy atom. The van der Waals surface area contributed by atoms with Crippen molar-refractivity contribution in [2.24, 2.45) is 0 Å². The lowest BCUT2D eigenvalue weighted by atomic mass is 10.0. The van der Waals surface area contributed by atoms with Crippen molar-refractivity contribution in [3.63, 3.8) is 0 Å². The highest BCUT2D eigenvalue weighted by atomic mass is 32.2. The summed E-state index contributed by atoms with van der Waals surface area (Å²) in [6.45, 7) is 0.973. The molecule has 2 rings (SSSR count). The molecule has 2 fully saturated rings. The number of fused-ring (bicyclic) bond motifs is 1. The number of aldehydes is 1. The van der Waals surface area contributed by atoms with Gasteiger partial charge in [-0.1, -0.05) is 6.42 Å². The molecule has 2 aliphatic rings. The lowest BCUT2D eigenvalue weighted by Gasteiger charge is -2.16. The van der Waals surface area contributed by atoms with E-state index in [1.807, 2.05) is 0 Å². The Bertz CT molecular complexity index is 201. The summed E-state index contributed by atoms with van der Waals surface area (Å²) in [7, 11) is 0. The number of thioether (sulfide) groups is 1.